The first-order chi connectivity index (χ1) is 14.4. The maximum Gasteiger partial charge on any atom is 0.132 e. The number of halogens is 1. The van der Waals surface area contributed by atoms with Gasteiger partial charge in [-0.25, -0.2) is 14.4 Å². The summed E-state index contributed by atoms with van der Waals surface area (Å²) in [6.07, 6.45) is 1.97. The normalized spacial score (nSPS) is 12.2. The van der Waals surface area contributed by atoms with Gasteiger partial charge in [0.15, 0.2) is 0 Å². The quantitative estimate of drug-likeness (QED) is 0.449. The lowest BCUT2D eigenvalue weighted by molar-refractivity contribution is 0.195. The van der Waals surface area contributed by atoms with Crippen LogP contribution in [0.5, 0.6) is 0 Å². The third kappa shape index (κ3) is 4.47. The van der Waals surface area contributed by atoms with E-state index in [1.165, 1.54) is 6.07 Å². The molecule has 2 heterocycles. The Kier molecular flexibility index (Phi) is 5.46. The number of nitrogens with zero attached hydrogens (tertiary/aromatic N) is 2. The zero-order chi connectivity index (χ0) is 21.3. The third-order valence-corrected chi connectivity index (χ3v) is 5.03. The zero-order valence-corrected chi connectivity index (χ0v) is 17.3. The average Bonchev–Trinajstić information content (AvgIpc) is 2.68. The lowest BCUT2D eigenvalue weighted by Crippen LogP contribution is -2.06. The molecule has 0 amide bonds. The first-order valence-electron chi connectivity index (χ1n) is 9.96. The largest absolute Gasteiger partial charge is 0.393 e. The SMILES string of the molecule is Cc1cc(CC(C)O)cc(Nc2cc3ccc(-c4cc(F)ccc4C)cc3cn2)n1. The molecule has 152 valence electrons. The summed E-state index contributed by atoms with van der Waals surface area (Å²) in [7, 11) is 0. The Morgan fingerprint density at radius 1 is 0.967 bits per heavy atom. The smallest absolute Gasteiger partial charge is 0.132 e. The molecule has 1 atom stereocenters. The number of fused-ring (bicyclic) bond motifs is 1. The molecule has 0 fully saturated rings. The molecule has 30 heavy (non-hydrogen) atoms. The van der Waals surface area contributed by atoms with Gasteiger partial charge in [0.2, 0.25) is 0 Å². The van der Waals surface area contributed by atoms with Crippen molar-refractivity contribution in [3.8, 4) is 11.1 Å². The van der Waals surface area contributed by atoms with Crippen LogP contribution in [0.4, 0.5) is 16.0 Å². The highest BCUT2D eigenvalue weighted by Gasteiger charge is 2.08. The van der Waals surface area contributed by atoms with Crippen molar-refractivity contribution in [3.05, 3.63) is 83.4 Å². The van der Waals surface area contributed by atoms with Gasteiger partial charge in [-0.15, -0.1) is 0 Å². The highest BCUT2D eigenvalue weighted by Crippen LogP contribution is 2.29. The molecule has 2 aromatic carbocycles. The van der Waals surface area contributed by atoms with E-state index in [2.05, 4.69) is 15.3 Å². The predicted octanol–water partition coefficient (Wildman–Crippen LogP) is 5.72. The van der Waals surface area contributed by atoms with Crippen molar-refractivity contribution >= 4 is 22.4 Å². The molecule has 0 bridgehead atoms. The topological polar surface area (TPSA) is 58.0 Å². The zero-order valence-electron chi connectivity index (χ0n) is 17.3. The molecule has 0 aliphatic rings. The van der Waals surface area contributed by atoms with Gasteiger partial charge >= 0.3 is 0 Å². The van der Waals surface area contributed by atoms with Crippen molar-refractivity contribution in [2.75, 3.05) is 5.32 Å². The molecule has 4 aromatic rings. The van der Waals surface area contributed by atoms with Crippen LogP contribution in [-0.2, 0) is 6.42 Å². The van der Waals surface area contributed by atoms with Crippen molar-refractivity contribution in [3.63, 3.8) is 0 Å². The standard InChI is InChI=1S/C25H24FN3O/c1-15-4-7-22(26)13-23(15)20-6-5-19-12-24(27-14-21(19)11-20)29-25-10-18(9-17(3)30)8-16(2)28-25/h4-8,10-14,17,30H,9H2,1-3H3,(H,27,28,29). The van der Waals surface area contributed by atoms with E-state index >= 15 is 0 Å². The number of benzene rings is 2. The second-order valence-corrected chi connectivity index (χ2v) is 7.77. The molecule has 0 aliphatic heterocycles. The van der Waals surface area contributed by atoms with E-state index in [0.717, 1.165) is 38.7 Å². The molecular formula is C25H24FN3O. The van der Waals surface area contributed by atoms with Crippen LogP contribution < -0.4 is 5.32 Å². The number of hydrogen-bond donors (Lipinski definition) is 2. The van der Waals surface area contributed by atoms with Crippen LogP contribution >= 0.6 is 0 Å². The van der Waals surface area contributed by atoms with Gasteiger partial charge in [0, 0.05) is 17.3 Å². The van der Waals surface area contributed by atoms with E-state index in [4.69, 9.17) is 0 Å². The van der Waals surface area contributed by atoms with Crippen molar-refractivity contribution in [2.45, 2.75) is 33.3 Å². The van der Waals surface area contributed by atoms with E-state index in [9.17, 15) is 9.50 Å². The van der Waals surface area contributed by atoms with Crippen LogP contribution in [0.2, 0.25) is 0 Å². The van der Waals surface area contributed by atoms with Crippen molar-refractivity contribution < 1.29 is 9.50 Å². The predicted molar refractivity (Wildman–Crippen MR) is 120 cm³/mol. The third-order valence-electron chi connectivity index (χ3n) is 5.03. The fourth-order valence-corrected chi connectivity index (χ4v) is 3.68. The minimum atomic E-state index is -0.408. The summed E-state index contributed by atoms with van der Waals surface area (Å²) in [6.45, 7) is 5.68. The van der Waals surface area contributed by atoms with E-state index in [1.807, 2.05) is 56.4 Å². The number of aryl methyl sites for hydroxylation is 2. The van der Waals surface area contributed by atoms with Crippen LogP contribution in [-0.4, -0.2) is 21.2 Å². The molecule has 5 heteroatoms. The summed E-state index contributed by atoms with van der Waals surface area (Å²) in [5, 5.41) is 14.9. The van der Waals surface area contributed by atoms with Crippen LogP contribution in [0.3, 0.4) is 0 Å². The maximum absolute atomic E-state index is 13.7. The summed E-state index contributed by atoms with van der Waals surface area (Å²) in [5.41, 5.74) is 4.78. The molecular weight excluding hydrogens is 377 g/mol. The Morgan fingerprint density at radius 3 is 2.60 bits per heavy atom. The lowest BCUT2D eigenvalue weighted by atomic mass is 9.98. The van der Waals surface area contributed by atoms with Crippen LogP contribution in [0.15, 0.2) is 60.8 Å². The van der Waals surface area contributed by atoms with Crippen LogP contribution in [0, 0.1) is 19.7 Å². The van der Waals surface area contributed by atoms with Gasteiger partial charge in [-0.1, -0.05) is 18.2 Å². The van der Waals surface area contributed by atoms with Crippen molar-refractivity contribution in [1.82, 2.24) is 9.97 Å². The van der Waals surface area contributed by atoms with E-state index < -0.39 is 6.10 Å². The first kappa shape index (κ1) is 20.0. The lowest BCUT2D eigenvalue weighted by Gasteiger charge is -2.11. The Hall–Kier alpha value is -3.31. The molecule has 0 saturated heterocycles. The minimum Gasteiger partial charge on any atom is -0.393 e. The van der Waals surface area contributed by atoms with Gasteiger partial charge in [-0.05, 0) is 91.2 Å². The number of aliphatic hydroxyl groups is 1. The van der Waals surface area contributed by atoms with E-state index in [1.54, 1.807) is 19.1 Å². The van der Waals surface area contributed by atoms with Gasteiger partial charge in [-0.3, -0.25) is 0 Å². The van der Waals surface area contributed by atoms with Crippen LogP contribution in [0.25, 0.3) is 21.9 Å². The van der Waals surface area contributed by atoms with Crippen molar-refractivity contribution in [1.29, 1.82) is 0 Å². The number of aliphatic hydroxyl groups excluding tert-OH is 1. The van der Waals surface area contributed by atoms with Gasteiger partial charge in [-0.2, -0.15) is 0 Å². The Labute approximate surface area is 175 Å². The van der Waals surface area contributed by atoms with E-state index in [-0.39, 0.29) is 5.82 Å². The summed E-state index contributed by atoms with van der Waals surface area (Å²) < 4.78 is 13.7. The van der Waals surface area contributed by atoms with E-state index in [0.29, 0.717) is 18.1 Å². The van der Waals surface area contributed by atoms with Gasteiger partial charge in [0.25, 0.3) is 0 Å². The molecule has 0 radical (unpaired) electrons. The summed E-state index contributed by atoms with van der Waals surface area (Å²) in [5.74, 6) is 1.15. The Balaban J connectivity index is 1.63. The summed E-state index contributed by atoms with van der Waals surface area (Å²) in [6, 6.07) is 16.8. The van der Waals surface area contributed by atoms with Gasteiger partial charge < -0.3 is 10.4 Å². The summed E-state index contributed by atoms with van der Waals surface area (Å²) in [4.78, 5) is 9.04. The highest BCUT2D eigenvalue weighted by atomic mass is 19.1. The number of hydrogen-bond acceptors (Lipinski definition) is 4. The number of rotatable bonds is 5. The molecule has 2 N–H and O–H groups in total. The van der Waals surface area contributed by atoms with Crippen LogP contribution in [0.1, 0.15) is 23.7 Å². The van der Waals surface area contributed by atoms with Gasteiger partial charge in [0.05, 0.1) is 6.10 Å². The molecule has 4 nitrogen and oxygen atoms in total. The fourth-order valence-electron chi connectivity index (χ4n) is 3.68. The number of anilines is 2. The molecule has 2 aromatic heterocycles. The first-order valence-corrected chi connectivity index (χ1v) is 9.96. The molecule has 0 aliphatic carbocycles. The second kappa shape index (κ2) is 8.20. The minimum absolute atomic E-state index is 0.242. The maximum atomic E-state index is 13.7. The monoisotopic (exact) mass is 401 g/mol. The molecule has 0 saturated carbocycles. The average molecular weight is 401 g/mol. The number of nitrogens with one attached hydrogen (secondary N) is 1. The Bertz CT molecular complexity index is 1220. The Morgan fingerprint density at radius 2 is 1.80 bits per heavy atom. The fraction of sp³-hybridized carbons (Fsp3) is 0.200. The second-order valence-electron chi connectivity index (χ2n) is 7.77. The molecule has 1 unspecified atom stereocenters. The highest BCUT2D eigenvalue weighted by molar-refractivity contribution is 5.89. The summed E-state index contributed by atoms with van der Waals surface area (Å²) >= 11 is 0. The molecule has 0 spiro atoms. The number of aromatic nitrogens is 2. The van der Waals surface area contributed by atoms with Crippen molar-refractivity contribution in [2.24, 2.45) is 0 Å². The number of pyridine rings is 2. The molecule has 4 rings (SSSR count). The van der Waals surface area contributed by atoms with Gasteiger partial charge in [0.1, 0.15) is 17.5 Å².